The van der Waals surface area contributed by atoms with Gasteiger partial charge in [0.05, 0.1) is 12.5 Å². The summed E-state index contributed by atoms with van der Waals surface area (Å²) in [5.41, 5.74) is -0.225. The van der Waals surface area contributed by atoms with Crippen LogP contribution >= 0.6 is 0 Å². The average Bonchev–Trinajstić information content (AvgIpc) is 2.29. The van der Waals surface area contributed by atoms with Gasteiger partial charge in [0.15, 0.2) is 0 Å². The van der Waals surface area contributed by atoms with Gasteiger partial charge in [0.1, 0.15) is 6.10 Å². The summed E-state index contributed by atoms with van der Waals surface area (Å²) in [5, 5.41) is 9.53. The Kier molecular flexibility index (Phi) is 1.15. The van der Waals surface area contributed by atoms with E-state index in [1.165, 1.54) is 0 Å². The molecule has 0 aromatic rings. The lowest BCUT2D eigenvalue weighted by molar-refractivity contribution is -0.187. The highest BCUT2D eigenvalue weighted by Crippen LogP contribution is 2.52. The van der Waals surface area contributed by atoms with Gasteiger partial charge in [0.25, 0.3) is 0 Å². The van der Waals surface area contributed by atoms with Crippen molar-refractivity contribution in [3.05, 3.63) is 0 Å². The number of carbonyl (C=O) groups excluding carboxylic acids is 1. The Morgan fingerprint density at radius 1 is 1.64 bits per heavy atom. The molecule has 1 saturated carbocycles. The number of hydrogen-bond donors (Lipinski definition) is 1. The predicted molar refractivity (Wildman–Crippen MR) is 37.8 cm³/mol. The molecule has 3 heteroatoms. The first-order chi connectivity index (χ1) is 5.03. The van der Waals surface area contributed by atoms with E-state index < -0.39 is 0 Å². The Bertz CT molecular complexity index is 209. The van der Waals surface area contributed by atoms with Crippen molar-refractivity contribution in [2.24, 2.45) is 11.3 Å². The van der Waals surface area contributed by atoms with Crippen LogP contribution in [0.4, 0.5) is 0 Å². The number of ether oxygens (including phenoxy) is 1. The van der Waals surface area contributed by atoms with Gasteiger partial charge in [-0.05, 0) is 0 Å². The van der Waals surface area contributed by atoms with Crippen LogP contribution in [0.1, 0.15) is 20.3 Å². The van der Waals surface area contributed by atoms with E-state index in [0.29, 0.717) is 6.42 Å². The molecule has 1 N–H and O–H groups in total. The van der Waals surface area contributed by atoms with Crippen LogP contribution in [-0.2, 0) is 9.53 Å². The molecule has 1 aliphatic heterocycles. The van der Waals surface area contributed by atoms with Gasteiger partial charge in [0.2, 0.25) is 0 Å². The molecule has 2 rings (SSSR count). The normalized spacial score (nSPS) is 46.1. The largest absolute Gasteiger partial charge is 0.461 e. The lowest BCUT2D eigenvalue weighted by atomic mass is 9.59. The minimum Gasteiger partial charge on any atom is -0.461 e. The Morgan fingerprint density at radius 3 is 2.82 bits per heavy atom. The number of hydrogen-bond acceptors (Lipinski definition) is 3. The van der Waals surface area contributed by atoms with E-state index in [4.69, 9.17) is 4.74 Å². The van der Waals surface area contributed by atoms with Crippen LogP contribution in [0.2, 0.25) is 0 Å². The maximum absolute atomic E-state index is 10.8. The fraction of sp³-hybridized carbons (Fsp3) is 0.875. The monoisotopic (exact) mass is 156 g/mol. The molecular formula is C8H12O3. The molecule has 1 aliphatic carbocycles. The van der Waals surface area contributed by atoms with Crippen LogP contribution in [0.5, 0.6) is 0 Å². The molecule has 2 aliphatic rings. The first-order valence-electron chi connectivity index (χ1n) is 3.91. The van der Waals surface area contributed by atoms with Crippen LogP contribution in [0, 0.1) is 11.3 Å². The lowest BCUT2D eigenvalue weighted by Crippen LogP contribution is -2.59. The molecule has 0 spiro atoms. The van der Waals surface area contributed by atoms with E-state index in [9.17, 15) is 9.90 Å². The minimum atomic E-state index is -0.362. The van der Waals surface area contributed by atoms with E-state index in [0.717, 1.165) is 0 Å². The fourth-order valence-electron chi connectivity index (χ4n) is 2.16. The van der Waals surface area contributed by atoms with Crippen LogP contribution in [-0.4, -0.2) is 23.3 Å². The average molecular weight is 156 g/mol. The Morgan fingerprint density at radius 2 is 2.27 bits per heavy atom. The molecule has 0 aromatic heterocycles. The molecule has 0 bridgehead atoms. The Hall–Kier alpha value is -0.570. The standard InChI is InChI=1S/C8H12O3/c1-8(2)6(10)4-3-5(9)11-7(4)8/h4,6-7,10H,3H2,1-2H3/t4-,6-,7-/m0/s1. The number of carbonyl (C=O) groups is 1. The number of esters is 1. The zero-order valence-corrected chi connectivity index (χ0v) is 6.70. The van der Waals surface area contributed by atoms with Gasteiger partial charge in [-0.1, -0.05) is 13.8 Å². The highest BCUT2D eigenvalue weighted by Gasteiger charge is 2.61. The molecular weight excluding hydrogens is 144 g/mol. The van der Waals surface area contributed by atoms with Crippen molar-refractivity contribution in [1.82, 2.24) is 0 Å². The third-order valence-electron chi connectivity index (χ3n) is 2.95. The van der Waals surface area contributed by atoms with Crippen molar-refractivity contribution in [1.29, 1.82) is 0 Å². The van der Waals surface area contributed by atoms with Crippen molar-refractivity contribution in [3.63, 3.8) is 0 Å². The summed E-state index contributed by atoms with van der Waals surface area (Å²) in [6.45, 7) is 3.86. The molecule has 1 saturated heterocycles. The van der Waals surface area contributed by atoms with Crippen molar-refractivity contribution >= 4 is 5.97 Å². The van der Waals surface area contributed by atoms with Gasteiger partial charge in [-0.3, -0.25) is 4.79 Å². The Balaban J connectivity index is 2.19. The molecule has 0 unspecified atom stereocenters. The third kappa shape index (κ3) is 0.692. The number of aliphatic hydroxyl groups is 1. The maximum Gasteiger partial charge on any atom is 0.306 e. The molecule has 3 atom stereocenters. The summed E-state index contributed by atoms with van der Waals surface area (Å²) in [4.78, 5) is 10.8. The maximum atomic E-state index is 10.8. The lowest BCUT2D eigenvalue weighted by Gasteiger charge is -2.50. The molecule has 1 heterocycles. The van der Waals surface area contributed by atoms with Gasteiger partial charge < -0.3 is 9.84 Å². The van der Waals surface area contributed by atoms with Gasteiger partial charge in [0, 0.05) is 11.3 Å². The van der Waals surface area contributed by atoms with Gasteiger partial charge >= 0.3 is 5.97 Å². The number of fused-ring (bicyclic) bond motifs is 1. The van der Waals surface area contributed by atoms with E-state index in [2.05, 4.69) is 0 Å². The van der Waals surface area contributed by atoms with E-state index in [1.54, 1.807) is 0 Å². The summed E-state index contributed by atoms with van der Waals surface area (Å²) < 4.78 is 5.05. The second-order valence-corrected chi connectivity index (χ2v) is 4.04. The number of rotatable bonds is 0. The summed E-state index contributed by atoms with van der Waals surface area (Å²) in [7, 11) is 0. The molecule has 0 aromatic carbocycles. The topological polar surface area (TPSA) is 46.5 Å². The summed E-state index contributed by atoms with van der Waals surface area (Å²) in [6, 6.07) is 0. The summed E-state index contributed by atoms with van der Waals surface area (Å²) in [5.74, 6) is -0.0953. The third-order valence-corrected chi connectivity index (χ3v) is 2.95. The van der Waals surface area contributed by atoms with Crippen LogP contribution < -0.4 is 0 Å². The number of aliphatic hydroxyl groups excluding tert-OH is 1. The van der Waals surface area contributed by atoms with Gasteiger partial charge in [-0.15, -0.1) is 0 Å². The highest BCUT2D eigenvalue weighted by molar-refractivity contribution is 5.73. The second-order valence-electron chi connectivity index (χ2n) is 4.04. The van der Waals surface area contributed by atoms with Crippen molar-refractivity contribution in [2.45, 2.75) is 32.5 Å². The molecule has 0 amide bonds. The molecule has 62 valence electrons. The minimum absolute atomic E-state index is 0.0370. The molecule has 3 nitrogen and oxygen atoms in total. The first-order valence-corrected chi connectivity index (χ1v) is 3.91. The smallest absolute Gasteiger partial charge is 0.306 e. The molecule has 0 radical (unpaired) electrons. The van der Waals surface area contributed by atoms with Crippen LogP contribution in [0.15, 0.2) is 0 Å². The fourth-order valence-corrected chi connectivity index (χ4v) is 2.16. The zero-order valence-electron chi connectivity index (χ0n) is 6.70. The quantitative estimate of drug-likeness (QED) is 0.514. The zero-order chi connectivity index (χ0) is 8.22. The van der Waals surface area contributed by atoms with Gasteiger partial charge in [-0.2, -0.15) is 0 Å². The van der Waals surface area contributed by atoms with Crippen molar-refractivity contribution in [3.8, 4) is 0 Å². The van der Waals surface area contributed by atoms with E-state index in [1.807, 2.05) is 13.8 Å². The van der Waals surface area contributed by atoms with Crippen LogP contribution in [0.25, 0.3) is 0 Å². The predicted octanol–water partition coefficient (Wildman–Crippen LogP) is 0.319. The van der Waals surface area contributed by atoms with Gasteiger partial charge in [-0.25, -0.2) is 0 Å². The van der Waals surface area contributed by atoms with E-state index >= 15 is 0 Å². The first kappa shape index (κ1) is 7.10. The van der Waals surface area contributed by atoms with Crippen molar-refractivity contribution < 1.29 is 14.6 Å². The summed E-state index contributed by atoms with van der Waals surface area (Å²) in [6.07, 6.45) is -0.00104. The molecule has 2 fully saturated rings. The SMILES string of the molecule is CC1(C)[C@@H](O)[C@@H]2CC(=O)O[C@@H]21. The van der Waals surface area contributed by atoms with Crippen molar-refractivity contribution in [2.75, 3.05) is 0 Å². The van der Waals surface area contributed by atoms with E-state index in [-0.39, 0.29) is 29.5 Å². The molecule has 11 heavy (non-hydrogen) atoms. The van der Waals surface area contributed by atoms with Crippen LogP contribution in [0.3, 0.4) is 0 Å². The summed E-state index contributed by atoms with van der Waals surface area (Å²) >= 11 is 0. The highest BCUT2D eigenvalue weighted by atomic mass is 16.6. The Labute approximate surface area is 65.4 Å². The second kappa shape index (κ2) is 1.78.